The Kier molecular flexibility index (Phi) is 3.98. The highest BCUT2D eigenvalue weighted by atomic mass is 35.5. The number of nitrogens with zero attached hydrogens (tertiary/aromatic N) is 1. The monoisotopic (exact) mass is 316 g/mol. The molecular weight excluding hydrogens is 304 g/mol. The SMILES string of the molecule is CC(=NNC(=O)c1ccccc1Cl)c1ccc2c(c1)OCO2. The molecule has 0 spiro atoms. The van der Waals surface area contributed by atoms with Gasteiger partial charge in [0.1, 0.15) is 0 Å². The Balaban J connectivity index is 1.75. The van der Waals surface area contributed by atoms with Crippen LogP contribution in [0.15, 0.2) is 47.6 Å². The first-order valence-corrected chi connectivity index (χ1v) is 7.02. The van der Waals surface area contributed by atoms with E-state index in [2.05, 4.69) is 10.5 Å². The zero-order valence-electron chi connectivity index (χ0n) is 11.8. The zero-order valence-corrected chi connectivity index (χ0v) is 12.6. The number of fused-ring (bicyclic) bond motifs is 1. The van der Waals surface area contributed by atoms with Crippen molar-refractivity contribution in [2.24, 2.45) is 5.10 Å². The Bertz CT molecular complexity index is 759. The molecule has 0 saturated heterocycles. The van der Waals surface area contributed by atoms with Gasteiger partial charge in [0.05, 0.1) is 16.3 Å². The average molecular weight is 317 g/mol. The molecule has 0 fully saturated rings. The van der Waals surface area contributed by atoms with Crippen LogP contribution in [0, 0.1) is 0 Å². The molecule has 1 aliphatic heterocycles. The maximum absolute atomic E-state index is 12.0. The molecule has 5 nitrogen and oxygen atoms in total. The summed E-state index contributed by atoms with van der Waals surface area (Å²) in [5.41, 5.74) is 4.37. The largest absolute Gasteiger partial charge is 0.454 e. The van der Waals surface area contributed by atoms with Crippen LogP contribution in [0.1, 0.15) is 22.8 Å². The van der Waals surface area contributed by atoms with Crippen molar-refractivity contribution < 1.29 is 14.3 Å². The number of carbonyl (C=O) groups excluding carboxylic acids is 1. The second-order valence-electron chi connectivity index (χ2n) is 4.69. The van der Waals surface area contributed by atoms with Crippen molar-refractivity contribution >= 4 is 23.2 Å². The number of hydrogen-bond donors (Lipinski definition) is 1. The molecule has 0 aromatic heterocycles. The van der Waals surface area contributed by atoms with Crippen LogP contribution in [0.5, 0.6) is 11.5 Å². The highest BCUT2D eigenvalue weighted by Crippen LogP contribution is 2.32. The molecule has 1 N–H and O–H groups in total. The average Bonchev–Trinajstić information content (AvgIpc) is 3.00. The number of rotatable bonds is 3. The van der Waals surface area contributed by atoms with Crippen LogP contribution in [0.2, 0.25) is 5.02 Å². The molecule has 0 atom stereocenters. The quantitative estimate of drug-likeness (QED) is 0.698. The molecule has 2 aromatic carbocycles. The number of nitrogens with one attached hydrogen (secondary N) is 1. The Morgan fingerprint density at radius 3 is 2.77 bits per heavy atom. The minimum Gasteiger partial charge on any atom is -0.454 e. The van der Waals surface area contributed by atoms with Gasteiger partial charge in [0.15, 0.2) is 11.5 Å². The minimum atomic E-state index is -0.356. The third-order valence-corrected chi connectivity index (χ3v) is 3.56. The summed E-state index contributed by atoms with van der Waals surface area (Å²) in [6.07, 6.45) is 0. The number of benzene rings is 2. The lowest BCUT2D eigenvalue weighted by Crippen LogP contribution is -2.19. The fraction of sp³-hybridized carbons (Fsp3) is 0.125. The smallest absolute Gasteiger partial charge is 0.272 e. The third-order valence-electron chi connectivity index (χ3n) is 3.23. The van der Waals surface area contributed by atoms with E-state index in [-0.39, 0.29) is 12.7 Å². The van der Waals surface area contributed by atoms with Gasteiger partial charge in [-0.1, -0.05) is 23.7 Å². The number of hydrogen-bond acceptors (Lipinski definition) is 4. The van der Waals surface area contributed by atoms with Crippen LogP contribution in [0.3, 0.4) is 0 Å². The summed E-state index contributed by atoms with van der Waals surface area (Å²) in [6, 6.07) is 12.3. The first kappa shape index (κ1) is 14.4. The molecule has 0 saturated carbocycles. The van der Waals surface area contributed by atoms with Crippen LogP contribution in [0.4, 0.5) is 0 Å². The van der Waals surface area contributed by atoms with Crippen LogP contribution in [-0.2, 0) is 0 Å². The van der Waals surface area contributed by atoms with Crippen LogP contribution >= 0.6 is 11.6 Å². The van der Waals surface area contributed by atoms with E-state index in [1.807, 2.05) is 18.2 Å². The van der Waals surface area contributed by atoms with Crippen molar-refractivity contribution in [2.45, 2.75) is 6.92 Å². The summed E-state index contributed by atoms with van der Waals surface area (Å²) in [5, 5.41) is 4.48. The van der Waals surface area contributed by atoms with E-state index in [0.29, 0.717) is 27.8 Å². The molecule has 1 aliphatic rings. The van der Waals surface area contributed by atoms with Crippen molar-refractivity contribution in [3.63, 3.8) is 0 Å². The summed E-state index contributed by atoms with van der Waals surface area (Å²) in [4.78, 5) is 12.0. The lowest BCUT2D eigenvalue weighted by atomic mass is 10.1. The molecule has 1 amide bonds. The maximum Gasteiger partial charge on any atom is 0.272 e. The molecule has 2 aromatic rings. The fourth-order valence-electron chi connectivity index (χ4n) is 2.03. The first-order chi connectivity index (χ1) is 10.6. The van der Waals surface area contributed by atoms with Crippen molar-refractivity contribution in [2.75, 3.05) is 6.79 Å². The Hall–Kier alpha value is -2.53. The van der Waals surface area contributed by atoms with E-state index in [1.54, 1.807) is 31.2 Å². The molecule has 3 rings (SSSR count). The van der Waals surface area contributed by atoms with Gasteiger partial charge in [-0.15, -0.1) is 0 Å². The lowest BCUT2D eigenvalue weighted by molar-refractivity contribution is 0.0955. The second kappa shape index (κ2) is 6.07. The van der Waals surface area contributed by atoms with E-state index in [4.69, 9.17) is 21.1 Å². The third kappa shape index (κ3) is 2.89. The van der Waals surface area contributed by atoms with E-state index in [1.165, 1.54) is 0 Å². The van der Waals surface area contributed by atoms with Crippen LogP contribution < -0.4 is 14.9 Å². The van der Waals surface area contributed by atoms with Crippen molar-refractivity contribution in [3.05, 3.63) is 58.6 Å². The summed E-state index contributed by atoms with van der Waals surface area (Å²) in [7, 11) is 0. The molecule has 112 valence electrons. The van der Waals surface area contributed by atoms with Gasteiger partial charge >= 0.3 is 0 Å². The van der Waals surface area contributed by atoms with Crippen molar-refractivity contribution in [1.29, 1.82) is 0 Å². The molecule has 0 aliphatic carbocycles. The number of ether oxygens (including phenoxy) is 2. The molecule has 0 bridgehead atoms. The van der Waals surface area contributed by atoms with E-state index >= 15 is 0 Å². The van der Waals surface area contributed by atoms with Crippen molar-refractivity contribution in [3.8, 4) is 11.5 Å². The zero-order chi connectivity index (χ0) is 15.5. The normalized spacial score (nSPS) is 13.1. The predicted molar refractivity (Wildman–Crippen MR) is 83.7 cm³/mol. The van der Waals surface area contributed by atoms with Gasteiger partial charge in [-0.3, -0.25) is 4.79 Å². The molecule has 6 heteroatoms. The van der Waals surface area contributed by atoms with Gasteiger partial charge in [-0.05, 0) is 37.3 Å². The summed E-state index contributed by atoms with van der Waals surface area (Å²) >= 11 is 5.98. The summed E-state index contributed by atoms with van der Waals surface area (Å²) < 4.78 is 10.6. The van der Waals surface area contributed by atoms with Gasteiger partial charge in [0, 0.05) is 5.56 Å². The van der Waals surface area contributed by atoms with Gasteiger partial charge in [0.2, 0.25) is 6.79 Å². The predicted octanol–water partition coefficient (Wildman–Crippen LogP) is 3.22. The number of hydrazone groups is 1. The van der Waals surface area contributed by atoms with Gasteiger partial charge in [-0.25, -0.2) is 5.43 Å². The van der Waals surface area contributed by atoms with E-state index in [9.17, 15) is 4.79 Å². The minimum absolute atomic E-state index is 0.220. The van der Waals surface area contributed by atoms with E-state index in [0.717, 1.165) is 5.56 Å². The lowest BCUT2D eigenvalue weighted by Gasteiger charge is -2.05. The van der Waals surface area contributed by atoms with Gasteiger partial charge in [-0.2, -0.15) is 5.10 Å². The Labute approximate surface area is 132 Å². The topological polar surface area (TPSA) is 59.9 Å². The summed E-state index contributed by atoms with van der Waals surface area (Å²) in [5.74, 6) is 1.02. The number of halogens is 1. The van der Waals surface area contributed by atoms with Crippen molar-refractivity contribution in [1.82, 2.24) is 5.43 Å². The van der Waals surface area contributed by atoms with Gasteiger partial charge < -0.3 is 9.47 Å². The van der Waals surface area contributed by atoms with E-state index < -0.39 is 0 Å². The molecule has 22 heavy (non-hydrogen) atoms. The number of carbonyl (C=O) groups is 1. The number of amides is 1. The van der Waals surface area contributed by atoms with Crippen LogP contribution in [0.25, 0.3) is 0 Å². The molecule has 0 radical (unpaired) electrons. The molecular formula is C16H13ClN2O3. The fourth-order valence-corrected chi connectivity index (χ4v) is 2.25. The maximum atomic E-state index is 12.0. The molecule has 0 unspecified atom stereocenters. The van der Waals surface area contributed by atoms with Gasteiger partial charge in [0.25, 0.3) is 5.91 Å². The summed E-state index contributed by atoms with van der Waals surface area (Å²) in [6.45, 7) is 2.02. The second-order valence-corrected chi connectivity index (χ2v) is 5.09. The molecule has 1 heterocycles. The first-order valence-electron chi connectivity index (χ1n) is 6.64. The highest BCUT2D eigenvalue weighted by molar-refractivity contribution is 6.33. The standard InChI is InChI=1S/C16H13ClN2O3/c1-10(11-6-7-14-15(8-11)22-9-21-14)18-19-16(20)12-4-2-3-5-13(12)17/h2-8H,9H2,1H3,(H,19,20). The Morgan fingerprint density at radius 1 is 1.18 bits per heavy atom. The Morgan fingerprint density at radius 2 is 1.95 bits per heavy atom. The van der Waals surface area contributed by atoms with Crippen LogP contribution in [-0.4, -0.2) is 18.4 Å². The highest BCUT2D eigenvalue weighted by Gasteiger charge is 2.14.